The molecular formula is C17H17NO5S2. The molecule has 1 N–H and O–H groups in total. The number of aliphatic carboxylic acids is 1. The summed E-state index contributed by atoms with van der Waals surface area (Å²) in [6.45, 7) is 2.09. The number of carboxylic acids is 1. The summed E-state index contributed by atoms with van der Waals surface area (Å²) >= 11 is 0.912. The average Bonchev–Trinajstić information content (AvgIpc) is 3.23. The van der Waals surface area contributed by atoms with Crippen molar-refractivity contribution in [3.63, 3.8) is 0 Å². The fourth-order valence-corrected chi connectivity index (χ4v) is 5.46. The summed E-state index contributed by atoms with van der Waals surface area (Å²) in [6.07, 6.45) is 0.384. The normalized spacial score (nSPS) is 20.6. The zero-order valence-electron chi connectivity index (χ0n) is 13.5. The fourth-order valence-electron chi connectivity index (χ4n) is 2.76. The molecule has 1 aromatic carbocycles. The van der Waals surface area contributed by atoms with Crippen LogP contribution in [0.2, 0.25) is 0 Å². The smallest absolute Gasteiger partial charge is 0.311 e. The zero-order valence-corrected chi connectivity index (χ0v) is 15.1. The number of hydrogen-bond donors (Lipinski definition) is 1. The van der Waals surface area contributed by atoms with E-state index in [1.165, 1.54) is 29.2 Å². The van der Waals surface area contributed by atoms with Crippen molar-refractivity contribution >= 4 is 33.1 Å². The number of amides is 1. The predicted molar refractivity (Wildman–Crippen MR) is 92.5 cm³/mol. The number of carbonyl (C=O) groups excluding carboxylic acids is 1. The third-order valence-electron chi connectivity index (χ3n) is 4.39. The van der Waals surface area contributed by atoms with E-state index in [9.17, 15) is 23.1 Å². The molecule has 0 radical (unpaired) electrons. The summed E-state index contributed by atoms with van der Waals surface area (Å²) < 4.78 is 25.3. The molecule has 1 fully saturated rings. The molecule has 0 saturated carbocycles. The summed E-state index contributed by atoms with van der Waals surface area (Å²) in [6, 6.07) is 10.9. The van der Waals surface area contributed by atoms with E-state index in [0.717, 1.165) is 11.3 Å². The van der Waals surface area contributed by atoms with Gasteiger partial charge in [-0.15, -0.1) is 11.3 Å². The van der Waals surface area contributed by atoms with Crippen LogP contribution in [0, 0.1) is 5.41 Å². The van der Waals surface area contributed by atoms with Crippen LogP contribution in [0.5, 0.6) is 0 Å². The van der Waals surface area contributed by atoms with Crippen LogP contribution in [0.3, 0.4) is 0 Å². The van der Waals surface area contributed by atoms with Crippen LogP contribution >= 0.6 is 11.3 Å². The quantitative estimate of drug-likeness (QED) is 0.881. The molecule has 0 aliphatic carbocycles. The molecule has 3 rings (SSSR count). The molecule has 1 unspecified atom stereocenters. The first-order chi connectivity index (χ1) is 11.7. The van der Waals surface area contributed by atoms with Crippen LogP contribution < -0.4 is 0 Å². The monoisotopic (exact) mass is 379 g/mol. The summed E-state index contributed by atoms with van der Waals surface area (Å²) in [5.41, 5.74) is -0.953. The molecule has 1 atom stereocenters. The lowest BCUT2D eigenvalue weighted by molar-refractivity contribution is -0.147. The van der Waals surface area contributed by atoms with E-state index in [2.05, 4.69) is 0 Å². The Hall–Kier alpha value is -2.19. The van der Waals surface area contributed by atoms with Gasteiger partial charge >= 0.3 is 5.97 Å². The Morgan fingerprint density at radius 1 is 1.16 bits per heavy atom. The van der Waals surface area contributed by atoms with Gasteiger partial charge in [-0.25, -0.2) is 8.42 Å². The van der Waals surface area contributed by atoms with Crippen molar-refractivity contribution in [1.29, 1.82) is 0 Å². The molecule has 25 heavy (non-hydrogen) atoms. The predicted octanol–water partition coefficient (Wildman–Crippen LogP) is 2.52. The number of rotatable bonds is 4. The van der Waals surface area contributed by atoms with E-state index < -0.39 is 21.2 Å². The second-order valence-electron chi connectivity index (χ2n) is 6.28. The second kappa shape index (κ2) is 6.27. The Balaban J connectivity index is 1.83. The van der Waals surface area contributed by atoms with Gasteiger partial charge in [-0.2, -0.15) is 0 Å². The van der Waals surface area contributed by atoms with Crippen LogP contribution in [0.4, 0.5) is 0 Å². The van der Waals surface area contributed by atoms with E-state index in [0.29, 0.717) is 17.8 Å². The van der Waals surface area contributed by atoms with E-state index in [1.807, 2.05) is 0 Å². The highest BCUT2D eigenvalue weighted by Crippen LogP contribution is 2.33. The van der Waals surface area contributed by atoms with Crippen molar-refractivity contribution in [2.24, 2.45) is 5.41 Å². The second-order valence-corrected chi connectivity index (χ2v) is 9.54. The molecular weight excluding hydrogens is 362 g/mol. The molecule has 1 saturated heterocycles. The first-order valence-corrected chi connectivity index (χ1v) is 9.97. The molecule has 1 aromatic heterocycles. The van der Waals surface area contributed by atoms with Gasteiger partial charge in [0.25, 0.3) is 5.91 Å². The Bertz CT molecular complexity index is 920. The molecule has 2 heterocycles. The third-order valence-corrected chi connectivity index (χ3v) is 7.72. The maximum atomic E-state index is 12.6. The average molecular weight is 379 g/mol. The highest BCUT2D eigenvalue weighted by Gasteiger charge is 2.42. The molecule has 2 aromatic rings. The van der Waals surface area contributed by atoms with Gasteiger partial charge in [-0.05, 0) is 37.6 Å². The molecule has 0 bridgehead atoms. The Labute approximate surface area is 149 Å². The van der Waals surface area contributed by atoms with E-state index in [1.54, 1.807) is 25.1 Å². The van der Waals surface area contributed by atoms with Crippen molar-refractivity contribution in [3.05, 3.63) is 47.3 Å². The van der Waals surface area contributed by atoms with Gasteiger partial charge in [0.2, 0.25) is 9.84 Å². The standard InChI is InChI=1S/C17H17NO5S2/c1-17(16(20)21)9-10-18(11-17)15(19)13-7-8-14(24-13)25(22,23)12-5-3-2-4-6-12/h2-8H,9-11H2,1H3,(H,20,21). The van der Waals surface area contributed by atoms with E-state index >= 15 is 0 Å². The Morgan fingerprint density at radius 2 is 1.84 bits per heavy atom. The zero-order chi connectivity index (χ0) is 18.2. The molecule has 1 aliphatic rings. The largest absolute Gasteiger partial charge is 0.481 e. The number of carboxylic acid groups (broad SMARTS) is 1. The van der Waals surface area contributed by atoms with E-state index in [-0.39, 0.29) is 21.6 Å². The summed E-state index contributed by atoms with van der Waals surface area (Å²) in [7, 11) is -3.66. The molecule has 1 aliphatic heterocycles. The van der Waals surface area contributed by atoms with Gasteiger partial charge in [0, 0.05) is 13.1 Å². The molecule has 8 heteroatoms. The number of likely N-dealkylation sites (tertiary alicyclic amines) is 1. The Morgan fingerprint density at radius 3 is 2.44 bits per heavy atom. The minimum atomic E-state index is -3.66. The number of sulfone groups is 1. The minimum absolute atomic E-state index is 0.0993. The topological polar surface area (TPSA) is 91.8 Å². The lowest BCUT2D eigenvalue weighted by atomic mass is 9.90. The third kappa shape index (κ3) is 3.19. The van der Waals surface area contributed by atoms with Crippen LogP contribution in [0.25, 0.3) is 0 Å². The lowest BCUT2D eigenvalue weighted by Gasteiger charge is -2.19. The van der Waals surface area contributed by atoms with Crippen LogP contribution in [0.15, 0.2) is 51.6 Å². The van der Waals surface area contributed by atoms with Crippen molar-refractivity contribution in [2.45, 2.75) is 22.4 Å². The van der Waals surface area contributed by atoms with Gasteiger partial charge in [0.1, 0.15) is 4.21 Å². The number of carbonyl (C=O) groups is 2. The van der Waals surface area contributed by atoms with Gasteiger partial charge in [0.05, 0.1) is 15.2 Å². The van der Waals surface area contributed by atoms with Gasteiger partial charge < -0.3 is 10.0 Å². The summed E-state index contributed by atoms with van der Waals surface area (Å²) in [5.74, 6) is -1.26. The van der Waals surface area contributed by atoms with Gasteiger partial charge in [-0.3, -0.25) is 9.59 Å². The van der Waals surface area contributed by atoms with Crippen molar-refractivity contribution in [3.8, 4) is 0 Å². The highest BCUT2D eigenvalue weighted by molar-refractivity contribution is 7.93. The van der Waals surface area contributed by atoms with Crippen LogP contribution in [-0.2, 0) is 14.6 Å². The van der Waals surface area contributed by atoms with Gasteiger partial charge in [0.15, 0.2) is 0 Å². The molecule has 0 spiro atoms. The van der Waals surface area contributed by atoms with Crippen molar-refractivity contribution < 1.29 is 23.1 Å². The minimum Gasteiger partial charge on any atom is -0.481 e. The number of nitrogens with zero attached hydrogens (tertiary/aromatic N) is 1. The first kappa shape index (κ1) is 17.6. The summed E-state index contributed by atoms with van der Waals surface area (Å²) in [4.78, 5) is 25.8. The Kier molecular flexibility index (Phi) is 4.42. The SMILES string of the molecule is CC1(C(=O)O)CCN(C(=O)c2ccc(S(=O)(=O)c3ccccc3)s2)C1. The molecule has 6 nitrogen and oxygen atoms in total. The molecule has 132 valence electrons. The maximum absolute atomic E-state index is 12.6. The number of thiophene rings is 1. The fraction of sp³-hybridized carbons (Fsp3) is 0.294. The maximum Gasteiger partial charge on any atom is 0.311 e. The van der Waals surface area contributed by atoms with E-state index in [4.69, 9.17) is 0 Å². The first-order valence-electron chi connectivity index (χ1n) is 7.67. The van der Waals surface area contributed by atoms with Crippen LogP contribution in [0.1, 0.15) is 23.0 Å². The van der Waals surface area contributed by atoms with Crippen molar-refractivity contribution in [1.82, 2.24) is 4.90 Å². The summed E-state index contributed by atoms with van der Waals surface area (Å²) in [5, 5.41) is 9.26. The van der Waals surface area contributed by atoms with Gasteiger partial charge in [-0.1, -0.05) is 18.2 Å². The lowest BCUT2D eigenvalue weighted by Crippen LogP contribution is -2.34. The number of hydrogen-bond acceptors (Lipinski definition) is 5. The number of benzene rings is 1. The molecule has 1 amide bonds. The highest BCUT2D eigenvalue weighted by atomic mass is 32.2. The van der Waals surface area contributed by atoms with Crippen molar-refractivity contribution in [2.75, 3.05) is 13.1 Å². The van der Waals surface area contributed by atoms with Crippen LogP contribution in [-0.4, -0.2) is 43.4 Å².